The summed E-state index contributed by atoms with van der Waals surface area (Å²) in [6, 6.07) is 7.58. The Hall–Kier alpha value is -2.07. The van der Waals surface area contributed by atoms with Gasteiger partial charge in [-0.25, -0.2) is 13.2 Å². The van der Waals surface area contributed by atoms with Crippen molar-refractivity contribution >= 4 is 44.5 Å². The molecule has 0 aliphatic carbocycles. The van der Waals surface area contributed by atoms with Gasteiger partial charge in [0.1, 0.15) is 5.60 Å². The molecule has 0 unspecified atom stereocenters. The zero-order valence-electron chi connectivity index (χ0n) is 19.1. The maximum absolute atomic E-state index is 12.6. The Bertz CT molecular complexity index is 1010. The predicted molar refractivity (Wildman–Crippen MR) is 128 cm³/mol. The molecule has 1 aromatic rings. The number of thioether (sulfide) groups is 1. The van der Waals surface area contributed by atoms with E-state index in [4.69, 9.17) is 4.74 Å². The molecule has 1 N–H and O–H groups in total. The number of fused-ring (bicyclic) bond motifs is 1. The van der Waals surface area contributed by atoms with Crippen LogP contribution < -0.4 is 10.2 Å². The van der Waals surface area contributed by atoms with Crippen molar-refractivity contribution in [3.63, 3.8) is 0 Å². The number of nitrogens with one attached hydrogen (secondary N) is 1. The Morgan fingerprint density at radius 2 is 1.94 bits per heavy atom. The molecular formula is C22H31N3O5S2. The van der Waals surface area contributed by atoms with Crippen LogP contribution >= 0.6 is 11.8 Å². The average molecular weight is 482 g/mol. The van der Waals surface area contributed by atoms with Crippen LogP contribution in [0.1, 0.15) is 52.5 Å². The lowest BCUT2D eigenvalue weighted by molar-refractivity contribution is -0.117. The molecule has 2 fully saturated rings. The molecule has 2 atom stereocenters. The molecule has 0 bridgehead atoms. The lowest BCUT2D eigenvalue weighted by atomic mass is 9.99. The molecule has 3 rings (SSSR count). The first-order valence-electron chi connectivity index (χ1n) is 10.7. The van der Waals surface area contributed by atoms with E-state index in [1.54, 1.807) is 20.8 Å². The molecule has 0 spiro atoms. The fourth-order valence-electron chi connectivity index (χ4n) is 3.79. The summed E-state index contributed by atoms with van der Waals surface area (Å²) < 4.78 is 29.7. The lowest BCUT2D eigenvalue weighted by Gasteiger charge is -2.28. The number of rotatable bonds is 5. The van der Waals surface area contributed by atoms with E-state index in [0.29, 0.717) is 5.17 Å². The molecule has 0 radical (unpaired) electrons. The van der Waals surface area contributed by atoms with Gasteiger partial charge >= 0.3 is 6.09 Å². The number of alkyl carbamates (subject to hydrolysis) is 1. The fraction of sp³-hybridized carbons (Fsp3) is 0.591. The number of aliphatic imine (C=N–C) groups is 1. The summed E-state index contributed by atoms with van der Waals surface area (Å²) in [4.78, 5) is 30.6. The fourth-order valence-corrected chi connectivity index (χ4v) is 7.71. The second kappa shape index (κ2) is 9.43. The van der Waals surface area contributed by atoms with Gasteiger partial charge in [-0.05, 0) is 38.3 Å². The third kappa shape index (κ3) is 6.04. The lowest BCUT2D eigenvalue weighted by Crippen LogP contribution is -2.38. The van der Waals surface area contributed by atoms with Gasteiger partial charge in [-0.1, -0.05) is 43.8 Å². The third-order valence-corrected chi connectivity index (χ3v) is 8.32. The van der Waals surface area contributed by atoms with Crippen LogP contribution in [0.25, 0.3) is 0 Å². The van der Waals surface area contributed by atoms with E-state index in [9.17, 15) is 18.0 Å². The molecule has 0 saturated carbocycles. The first kappa shape index (κ1) is 24.6. The molecule has 0 aromatic heterocycles. The van der Waals surface area contributed by atoms with Crippen LogP contribution in [-0.4, -0.2) is 60.5 Å². The van der Waals surface area contributed by atoms with Crippen molar-refractivity contribution in [3.05, 3.63) is 29.8 Å². The van der Waals surface area contributed by atoms with E-state index in [0.717, 1.165) is 11.3 Å². The van der Waals surface area contributed by atoms with Gasteiger partial charge in [0.05, 0.1) is 17.5 Å². The van der Waals surface area contributed by atoms with Crippen LogP contribution in [0.3, 0.4) is 0 Å². The SMILES string of the molecule is CC(C)c1ccccc1N1C(=NC(=O)CCNC(=O)OC(C)(C)C)S[C@H]2CS(=O)(=O)C[C@@H]21. The summed E-state index contributed by atoms with van der Waals surface area (Å²) >= 11 is 1.35. The summed E-state index contributed by atoms with van der Waals surface area (Å²) in [5.74, 6) is -0.0257. The number of ether oxygens (including phenoxy) is 1. The Kier molecular flexibility index (Phi) is 7.24. The van der Waals surface area contributed by atoms with Crippen LogP contribution in [0, 0.1) is 0 Å². The minimum absolute atomic E-state index is 0.0244. The van der Waals surface area contributed by atoms with Crippen LogP contribution in [0.2, 0.25) is 0 Å². The standard InChI is InChI=1S/C22H31N3O5S2/c1-14(2)15-8-6-7-9-16(15)25-17-12-32(28,29)13-18(17)31-20(25)24-19(26)10-11-23-21(27)30-22(3,4)5/h6-9,14,17-18H,10-13H2,1-5H3,(H,23,27)/t17-,18-/m0/s1. The second-order valence-electron chi connectivity index (χ2n) is 9.35. The highest BCUT2D eigenvalue weighted by Crippen LogP contribution is 2.43. The number of carbonyl (C=O) groups excluding carboxylic acids is 2. The van der Waals surface area contributed by atoms with Gasteiger partial charge in [-0.3, -0.25) is 4.79 Å². The van der Waals surface area contributed by atoms with Crippen LogP contribution in [0.4, 0.5) is 10.5 Å². The van der Waals surface area contributed by atoms with Gasteiger partial charge in [0.2, 0.25) is 5.91 Å². The monoisotopic (exact) mass is 481 g/mol. The van der Waals surface area contributed by atoms with E-state index in [2.05, 4.69) is 24.2 Å². The summed E-state index contributed by atoms with van der Waals surface area (Å²) in [5, 5.41) is 2.92. The smallest absolute Gasteiger partial charge is 0.407 e. The molecule has 32 heavy (non-hydrogen) atoms. The maximum Gasteiger partial charge on any atom is 0.407 e. The number of hydrogen-bond donors (Lipinski definition) is 1. The van der Waals surface area contributed by atoms with E-state index in [-0.39, 0.29) is 47.6 Å². The summed E-state index contributed by atoms with van der Waals surface area (Å²) in [5.41, 5.74) is 1.35. The Morgan fingerprint density at radius 3 is 2.59 bits per heavy atom. The summed E-state index contributed by atoms with van der Waals surface area (Å²) in [6.07, 6.45) is -0.559. The number of amides is 2. The highest BCUT2D eigenvalue weighted by molar-refractivity contribution is 8.16. The molecule has 10 heteroatoms. The molecule has 2 saturated heterocycles. The number of sulfone groups is 1. The molecule has 1 aromatic carbocycles. The molecule has 8 nitrogen and oxygen atoms in total. The van der Waals surface area contributed by atoms with Crippen molar-refractivity contribution in [2.24, 2.45) is 4.99 Å². The molecule has 2 heterocycles. The number of para-hydroxylation sites is 1. The first-order chi connectivity index (χ1) is 14.9. The summed E-state index contributed by atoms with van der Waals surface area (Å²) in [7, 11) is -3.13. The number of hydrogen-bond acceptors (Lipinski definition) is 6. The van der Waals surface area contributed by atoms with Gasteiger partial charge in [-0.2, -0.15) is 4.99 Å². The van der Waals surface area contributed by atoms with Crippen molar-refractivity contribution in [2.45, 2.75) is 63.9 Å². The number of nitrogens with zero attached hydrogens (tertiary/aromatic N) is 2. The number of benzene rings is 1. The van der Waals surface area contributed by atoms with Crippen LogP contribution in [0.15, 0.2) is 29.3 Å². The zero-order chi connectivity index (χ0) is 23.7. The molecular weight excluding hydrogens is 450 g/mol. The minimum atomic E-state index is -3.13. The largest absolute Gasteiger partial charge is 0.444 e. The van der Waals surface area contributed by atoms with Crippen molar-refractivity contribution < 1.29 is 22.7 Å². The van der Waals surface area contributed by atoms with Crippen molar-refractivity contribution in [3.8, 4) is 0 Å². The van der Waals surface area contributed by atoms with Crippen molar-refractivity contribution in [1.82, 2.24) is 5.32 Å². The first-order valence-corrected chi connectivity index (χ1v) is 13.4. The van der Waals surface area contributed by atoms with E-state index in [1.165, 1.54) is 11.8 Å². The highest BCUT2D eigenvalue weighted by Gasteiger charge is 2.49. The van der Waals surface area contributed by atoms with Gasteiger partial charge < -0.3 is 15.0 Å². The third-order valence-electron chi connectivity index (χ3n) is 5.11. The van der Waals surface area contributed by atoms with Crippen LogP contribution in [-0.2, 0) is 19.4 Å². The van der Waals surface area contributed by atoms with Gasteiger partial charge in [0.25, 0.3) is 0 Å². The van der Waals surface area contributed by atoms with Gasteiger partial charge in [0.15, 0.2) is 15.0 Å². The highest BCUT2D eigenvalue weighted by atomic mass is 32.2. The van der Waals surface area contributed by atoms with Crippen molar-refractivity contribution in [1.29, 1.82) is 0 Å². The van der Waals surface area contributed by atoms with Gasteiger partial charge in [-0.15, -0.1) is 0 Å². The predicted octanol–water partition coefficient (Wildman–Crippen LogP) is 3.33. The van der Waals surface area contributed by atoms with Crippen molar-refractivity contribution in [2.75, 3.05) is 23.0 Å². The van der Waals surface area contributed by atoms with E-state index < -0.39 is 21.5 Å². The quantitative estimate of drug-likeness (QED) is 0.688. The molecule has 2 aliphatic heterocycles. The Morgan fingerprint density at radius 1 is 1.25 bits per heavy atom. The minimum Gasteiger partial charge on any atom is -0.444 e. The Balaban J connectivity index is 1.78. The van der Waals surface area contributed by atoms with E-state index in [1.807, 2.05) is 29.2 Å². The maximum atomic E-state index is 12.6. The number of carbonyl (C=O) groups is 2. The zero-order valence-corrected chi connectivity index (χ0v) is 20.8. The second-order valence-corrected chi connectivity index (χ2v) is 12.7. The molecule has 2 amide bonds. The number of amidine groups is 1. The normalized spacial score (nSPS) is 23.4. The summed E-state index contributed by atoms with van der Waals surface area (Å²) in [6.45, 7) is 9.56. The molecule has 2 aliphatic rings. The average Bonchev–Trinajstić information content (AvgIpc) is 3.10. The molecule has 176 valence electrons. The topological polar surface area (TPSA) is 105 Å². The number of anilines is 1. The van der Waals surface area contributed by atoms with E-state index >= 15 is 0 Å². The van der Waals surface area contributed by atoms with Gasteiger partial charge in [0, 0.05) is 23.9 Å². The Labute approximate surface area is 194 Å². The van der Waals surface area contributed by atoms with Crippen LogP contribution in [0.5, 0.6) is 0 Å².